The Bertz CT molecular complexity index is 2560. The maximum Gasteiger partial charge on any atom is 0.407 e. The number of ether oxygens (including phenoxy) is 4. The third-order valence-corrected chi connectivity index (χ3v) is 12.4. The second kappa shape index (κ2) is 29.3. The molecule has 1 fully saturated rings. The van der Waals surface area contributed by atoms with E-state index >= 15 is 0 Å². The van der Waals surface area contributed by atoms with E-state index in [4.69, 9.17) is 18.9 Å². The molecule has 4 aromatic rings. The van der Waals surface area contributed by atoms with E-state index in [1.165, 1.54) is 0 Å². The van der Waals surface area contributed by atoms with Crippen LogP contribution in [-0.4, -0.2) is 163 Å². The largest absolute Gasteiger partial charge is 0.461 e. The lowest BCUT2D eigenvalue weighted by Crippen LogP contribution is -2.60. The van der Waals surface area contributed by atoms with Gasteiger partial charge in [0.05, 0.1) is 39.3 Å². The lowest BCUT2D eigenvalue weighted by molar-refractivity contribution is -0.227. The summed E-state index contributed by atoms with van der Waals surface area (Å²) in [5, 5.41) is 57.3. The molecule has 1 aliphatic heterocycles. The number of esters is 1. The summed E-state index contributed by atoms with van der Waals surface area (Å²) in [4.78, 5) is 104. The molecule has 11 N–H and O–H groups in total. The number of fused-ring (bicyclic) bond motifs is 3. The van der Waals surface area contributed by atoms with Gasteiger partial charge in [0.2, 0.25) is 35.4 Å². The maximum absolute atomic E-state index is 13.6. The highest BCUT2D eigenvalue weighted by molar-refractivity contribution is 5.94. The van der Waals surface area contributed by atoms with Crippen LogP contribution in [0, 0.1) is 0 Å². The average Bonchev–Trinajstić information content (AvgIpc) is 3.76. The quantitative estimate of drug-likeness (QED) is 0.0193. The second-order valence-electron chi connectivity index (χ2n) is 17.8. The zero-order chi connectivity index (χ0) is 54.4. The van der Waals surface area contributed by atoms with Crippen LogP contribution >= 0.6 is 0 Å². The molecule has 4 aromatic carbocycles. The molecule has 23 heteroatoms. The van der Waals surface area contributed by atoms with Crippen LogP contribution in [0.1, 0.15) is 47.4 Å². The van der Waals surface area contributed by atoms with Gasteiger partial charge in [0.1, 0.15) is 62.5 Å². The molecule has 6 rings (SSSR count). The Balaban J connectivity index is 0.969. The van der Waals surface area contributed by atoms with Gasteiger partial charge in [0.25, 0.3) is 0 Å². The number of benzene rings is 4. The molecule has 0 unspecified atom stereocenters. The first kappa shape index (κ1) is 57.5. The van der Waals surface area contributed by atoms with Gasteiger partial charge < -0.3 is 76.6 Å². The van der Waals surface area contributed by atoms with E-state index in [0.29, 0.717) is 5.56 Å². The van der Waals surface area contributed by atoms with Crippen molar-refractivity contribution in [2.75, 3.05) is 52.7 Å². The van der Waals surface area contributed by atoms with E-state index in [1.807, 2.05) is 78.9 Å². The second-order valence-corrected chi connectivity index (χ2v) is 17.8. The van der Waals surface area contributed by atoms with E-state index in [9.17, 15) is 58.8 Å². The van der Waals surface area contributed by atoms with Gasteiger partial charge in [0, 0.05) is 25.3 Å². The predicted octanol–water partition coefficient (Wildman–Crippen LogP) is -1.07. The topological polar surface area (TPSA) is 339 Å². The van der Waals surface area contributed by atoms with Crippen LogP contribution in [0.25, 0.3) is 11.1 Å². The smallest absolute Gasteiger partial charge is 0.407 e. The number of hydrogen-bond donors (Lipinski definition) is 11. The summed E-state index contributed by atoms with van der Waals surface area (Å²) in [7, 11) is 0. The van der Waals surface area contributed by atoms with Gasteiger partial charge >= 0.3 is 12.1 Å². The van der Waals surface area contributed by atoms with Crippen LogP contribution in [0.15, 0.2) is 109 Å². The summed E-state index contributed by atoms with van der Waals surface area (Å²) in [5.74, 6) is -5.34. The van der Waals surface area contributed by atoms with Crippen molar-refractivity contribution in [1.82, 2.24) is 37.2 Å². The molecular formula is C53H63N7O16. The van der Waals surface area contributed by atoms with Gasteiger partial charge in [-0.25, -0.2) is 4.79 Å². The molecule has 0 radical (unpaired) electrons. The first-order valence-electron chi connectivity index (χ1n) is 24.6. The summed E-state index contributed by atoms with van der Waals surface area (Å²) in [6.45, 7) is -3.11. The van der Waals surface area contributed by atoms with Crippen molar-refractivity contribution in [2.45, 2.75) is 80.8 Å². The van der Waals surface area contributed by atoms with E-state index < -0.39 is 123 Å². The minimum absolute atomic E-state index is 0.0113. The SMILES string of the molecule is O=C(CC[C@H](NC(=O)OCC1c2ccccc2-c2ccccc21)C(=O)NCC(=O)NCC(=O)N[C@@H](Cc1ccccc1)C(=O)NCC(=O)NCOCCC(=O)OCc1ccccc1)NC[C@@H]1O[C@H](CO)[C@@H](O)[C@H](O)[C@H]1O. The summed E-state index contributed by atoms with van der Waals surface area (Å²) in [5.41, 5.74) is 5.35. The van der Waals surface area contributed by atoms with Gasteiger partial charge in [-0.3, -0.25) is 33.6 Å². The van der Waals surface area contributed by atoms with Gasteiger partial charge in [-0.1, -0.05) is 109 Å². The van der Waals surface area contributed by atoms with Crippen molar-refractivity contribution in [3.05, 3.63) is 131 Å². The van der Waals surface area contributed by atoms with Crippen LogP contribution in [0.2, 0.25) is 0 Å². The molecule has 1 heterocycles. The zero-order valence-corrected chi connectivity index (χ0v) is 41.4. The van der Waals surface area contributed by atoms with E-state index in [2.05, 4.69) is 37.2 Å². The molecular weight excluding hydrogens is 991 g/mol. The summed E-state index contributed by atoms with van der Waals surface area (Å²) in [6, 6.07) is 30.5. The van der Waals surface area contributed by atoms with Crippen molar-refractivity contribution >= 4 is 47.5 Å². The minimum Gasteiger partial charge on any atom is -0.461 e. The minimum atomic E-state index is -1.67. The highest BCUT2D eigenvalue weighted by atomic mass is 16.6. The van der Waals surface area contributed by atoms with Gasteiger partial charge in [-0.05, 0) is 39.8 Å². The first-order chi connectivity index (χ1) is 36.7. The van der Waals surface area contributed by atoms with Crippen molar-refractivity contribution in [3.63, 3.8) is 0 Å². The first-order valence-corrected chi connectivity index (χ1v) is 24.6. The number of aliphatic hydroxyl groups is 4. The number of nitrogens with one attached hydrogen (secondary N) is 7. The Kier molecular flexibility index (Phi) is 22.2. The fourth-order valence-corrected chi connectivity index (χ4v) is 8.34. The molecule has 76 heavy (non-hydrogen) atoms. The Hall–Kier alpha value is -7.80. The normalized spacial score (nSPS) is 18.3. The lowest BCUT2D eigenvalue weighted by Gasteiger charge is -2.40. The van der Waals surface area contributed by atoms with Gasteiger partial charge in [-0.15, -0.1) is 0 Å². The lowest BCUT2D eigenvalue weighted by atomic mass is 9.95. The maximum atomic E-state index is 13.6. The molecule has 7 amide bonds. The highest BCUT2D eigenvalue weighted by Crippen LogP contribution is 2.44. The van der Waals surface area contributed by atoms with Crippen molar-refractivity contribution in [2.24, 2.45) is 0 Å². The number of rotatable bonds is 27. The predicted molar refractivity (Wildman–Crippen MR) is 269 cm³/mol. The van der Waals surface area contributed by atoms with E-state index in [0.717, 1.165) is 27.8 Å². The molecule has 1 aliphatic carbocycles. The Morgan fingerprint density at radius 1 is 0.553 bits per heavy atom. The fraction of sp³-hybridized carbons (Fsp3) is 0.396. The number of alkyl carbamates (subject to hydrolysis) is 1. The Morgan fingerprint density at radius 3 is 1.76 bits per heavy atom. The molecule has 23 nitrogen and oxygen atoms in total. The zero-order valence-electron chi connectivity index (χ0n) is 41.4. The third kappa shape index (κ3) is 17.4. The van der Waals surface area contributed by atoms with Gasteiger partial charge in [0.15, 0.2) is 0 Å². The number of amides is 7. The third-order valence-electron chi connectivity index (χ3n) is 12.4. The Morgan fingerprint density at radius 2 is 1.12 bits per heavy atom. The van der Waals surface area contributed by atoms with E-state index in [-0.39, 0.29) is 58.3 Å². The van der Waals surface area contributed by atoms with Crippen LogP contribution in [0.3, 0.4) is 0 Å². The standard InChI is InChI=1S/C53H63N7O16/c61-28-42-49(68)50(69)48(67)41(76-42)24-54-43(62)20-19-39(60-53(72)75-30-38-36-17-9-7-15-34(36)35-16-8-10-18-37(35)38)51(70)56-25-44(63)55-27-46(65)59-40(23-32-11-3-1-4-12-32)52(71)57-26-45(64)58-31-73-22-21-47(66)74-29-33-13-5-2-6-14-33/h1-18,38-42,48-50,61,67-69H,19-31H2,(H,54,62)(H,55,63)(H,56,70)(H,57,71)(H,58,64)(H,59,65)(H,60,72)/t39-,40-,41-,42+,48-,49+,50+/m0/s1. The number of carbonyl (C=O) groups is 8. The molecule has 0 aromatic heterocycles. The monoisotopic (exact) mass is 1050 g/mol. The summed E-state index contributed by atoms with van der Waals surface area (Å²) < 4.78 is 21.5. The molecule has 2 aliphatic rings. The van der Waals surface area contributed by atoms with Crippen molar-refractivity contribution < 1.29 is 77.7 Å². The highest BCUT2D eigenvalue weighted by Gasteiger charge is 2.43. The fourth-order valence-electron chi connectivity index (χ4n) is 8.34. The average molecular weight is 1050 g/mol. The van der Waals surface area contributed by atoms with Crippen LogP contribution in [-0.2, 0) is 65.5 Å². The number of aliphatic hydroxyl groups excluding tert-OH is 4. The van der Waals surface area contributed by atoms with E-state index in [1.54, 1.807) is 30.3 Å². The molecule has 406 valence electrons. The molecule has 7 atom stereocenters. The number of carbonyl (C=O) groups excluding carboxylic acids is 8. The molecule has 0 bridgehead atoms. The van der Waals surface area contributed by atoms with Crippen LogP contribution in [0.4, 0.5) is 4.79 Å². The van der Waals surface area contributed by atoms with Crippen LogP contribution < -0.4 is 37.2 Å². The molecule has 0 spiro atoms. The van der Waals surface area contributed by atoms with Gasteiger partial charge in [-0.2, -0.15) is 0 Å². The Labute approximate surface area is 437 Å². The number of hydrogen-bond acceptors (Lipinski definition) is 16. The van der Waals surface area contributed by atoms with Crippen LogP contribution in [0.5, 0.6) is 0 Å². The summed E-state index contributed by atoms with van der Waals surface area (Å²) >= 11 is 0. The summed E-state index contributed by atoms with van der Waals surface area (Å²) in [6.07, 6.45) is -9.05. The van der Waals surface area contributed by atoms with Crippen molar-refractivity contribution in [3.8, 4) is 11.1 Å². The van der Waals surface area contributed by atoms with Crippen molar-refractivity contribution in [1.29, 1.82) is 0 Å². The molecule has 1 saturated heterocycles. The molecule has 0 saturated carbocycles.